The molecule has 0 fully saturated rings. The summed E-state index contributed by atoms with van der Waals surface area (Å²) in [6.45, 7) is 9.19. The second-order valence-corrected chi connectivity index (χ2v) is 8.96. The molecule has 1 N–H and O–H groups in total. The molecule has 0 aliphatic rings. The lowest BCUT2D eigenvalue weighted by Crippen LogP contribution is -2.31. The van der Waals surface area contributed by atoms with Crippen LogP contribution in [0.15, 0.2) is 53.4 Å². The Morgan fingerprint density at radius 3 is 2.25 bits per heavy atom. The van der Waals surface area contributed by atoms with Gasteiger partial charge in [-0.1, -0.05) is 58.0 Å². The molecule has 28 heavy (non-hydrogen) atoms. The molecule has 0 spiro atoms. The molecule has 0 unspecified atom stereocenters. The van der Waals surface area contributed by atoms with Crippen LogP contribution in [0.4, 0.5) is 0 Å². The van der Waals surface area contributed by atoms with Crippen LogP contribution in [0.2, 0.25) is 0 Å². The van der Waals surface area contributed by atoms with E-state index in [1.807, 2.05) is 0 Å². The Morgan fingerprint density at radius 2 is 1.68 bits per heavy atom. The fourth-order valence-corrected chi connectivity index (χ4v) is 4.51. The fraction of sp³-hybridized carbons (Fsp3) is 0.409. The Labute approximate surface area is 168 Å². The summed E-state index contributed by atoms with van der Waals surface area (Å²) < 4.78 is 26.7. The minimum atomic E-state index is -3.58. The predicted molar refractivity (Wildman–Crippen MR) is 113 cm³/mol. The summed E-state index contributed by atoms with van der Waals surface area (Å²) >= 11 is 0. The number of amides is 1. The molecule has 2 aromatic rings. The summed E-state index contributed by atoms with van der Waals surface area (Å²) in [4.78, 5) is 12.6. The van der Waals surface area contributed by atoms with Gasteiger partial charge in [0, 0.05) is 25.2 Å². The fourth-order valence-electron chi connectivity index (χ4n) is 3.00. The zero-order valence-corrected chi connectivity index (χ0v) is 17.9. The van der Waals surface area contributed by atoms with Gasteiger partial charge in [-0.2, -0.15) is 4.31 Å². The van der Waals surface area contributed by atoms with Crippen molar-refractivity contribution in [1.29, 1.82) is 0 Å². The SMILES string of the molecule is CCN(CC)S(=O)(=O)c1cccc(C(=O)NCCc2ccc(C(C)C)cc2)c1. The third-order valence-corrected chi connectivity index (χ3v) is 6.83. The third kappa shape index (κ3) is 5.42. The van der Waals surface area contributed by atoms with Gasteiger partial charge < -0.3 is 5.32 Å². The number of nitrogens with one attached hydrogen (secondary N) is 1. The van der Waals surface area contributed by atoms with Crippen LogP contribution < -0.4 is 5.32 Å². The van der Waals surface area contributed by atoms with Gasteiger partial charge in [-0.3, -0.25) is 4.79 Å². The van der Waals surface area contributed by atoms with E-state index in [9.17, 15) is 13.2 Å². The van der Waals surface area contributed by atoms with Crippen molar-refractivity contribution < 1.29 is 13.2 Å². The number of hydrogen-bond acceptors (Lipinski definition) is 3. The lowest BCUT2D eigenvalue weighted by atomic mass is 10.0. The van der Waals surface area contributed by atoms with E-state index >= 15 is 0 Å². The average molecular weight is 403 g/mol. The summed E-state index contributed by atoms with van der Waals surface area (Å²) in [5, 5.41) is 2.87. The molecule has 0 bridgehead atoms. The minimum Gasteiger partial charge on any atom is -0.352 e. The molecule has 5 nitrogen and oxygen atoms in total. The summed E-state index contributed by atoms with van der Waals surface area (Å²) in [5.74, 6) is 0.226. The van der Waals surface area contributed by atoms with E-state index in [0.29, 0.717) is 31.1 Å². The lowest BCUT2D eigenvalue weighted by molar-refractivity contribution is 0.0954. The highest BCUT2D eigenvalue weighted by Crippen LogP contribution is 2.17. The Bertz CT molecular complexity index is 886. The highest BCUT2D eigenvalue weighted by Gasteiger charge is 2.22. The van der Waals surface area contributed by atoms with Crippen LogP contribution in [-0.2, 0) is 16.4 Å². The Hall–Kier alpha value is -2.18. The first-order valence-corrected chi connectivity index (χ1v) is 11.2. The number of hydrogen-bond donors (Lipinski definition) is 1. The predicted octanol–water partition coefficient (Wildman–Crippen LogP) is 3.81. The molecular formula is C22H30N2O3S. The molecule has 1 amide bonds. The maximum Gasteiger partial charge on any atom is 0.251 e. The molecule has 0 radical (unpaired) electrons. The lowest BCUT2D eigenvalue weighted by Gasteiger charge is -2.18. The third-order valence-electron chi connectivity index (χ3n) is 4.79. The molecule has 0 heterocycles. The zero-order chi connectivity index (χ0) is 20.7. The highest BCUT2D eigenvalue weighted by atomic mass is 32.2. The van der Waals surface area contributed by atoms with Crippen LogP contribution in [-0.4, -0.2) is 38.3 Å². The van der Waals surface area contributed by atoms with Crippen molar-refractivity contribution in [3.8, 4) is 0 Å². The Balaban J connectivity index is 2.01. The van der Waals surface area contributed by atoms with E-state index in [0.717, 1.165) is 12.0 Å². The number of rotatable bonds is 9. The molecular weight excluding hydrogens is 372 g/mol. The average Bonchev–Trinajstić information content (AvgIpc) is 2.69. The molecule has 0 aliphatic carbocycles. The van der Waals surface area contributed by atoms with Crippen LogP contribution >= 0.6 is 0 Å². The molecule has 2 rings (SSSR count). The molecule has 0 saturated heterocycles. The summed E-state index contributed by atoms with van der Waals surface area (Å²) in [6, 6.07) is 14.6. The van der Waals surface area contributed by atoms with Gasteiger partial charge in [0.15, 0.2) is 0 Å². The summed E-state index contributed by atoms with van der Waals surface area (Å²) in [5.41, 5.74) is 2.80. The van der Waals surface area contributed by atoms with Gasteiger partial charge in [-0.05, 0) is 41.7 Å². The van der Waals surface area contributed by atoms with E-state index in [-0.39, 0.29) is 10.8 Å². The van der Waals surface area contributed by atoms with E-state index in [1.165, 1.54) is 22.0 Å². The number of nitrogens with zero attached hydrogens (tertiary/aromatic N) is 1. The van der Waals surface area contributed by atoms with Gasteiger partial charge in [0.2, 0.25) is 10.0 Å². The van der Waals surface area contributed by atoms with Gasteiger partial charge >= 0.3 is 0 Å². The largest absolute Gasteiger partial charge is 0.352 e. The number of carbonyl (C=O) groups excluding carboxylic acids is 1. The van der Waals surface area contributed by atoms with E-state index < -0.39 is 10.0 Å². The van der Waals surface area contributed by atoms with E-state index in [2.05, 4.69) is 43.4 Å². The monoisotopic (exact) mass is 402 g/mol. The minimum absolute atomic E-state index is 0.146. The topological polar surface area (TPSA) is 66.5 Å². The van der Waals surface area contributed by atoms with Crippen molar-refractivity contribution in [3.63, 3.8) is 0 Å². The van der Waals surface area contributed by atoms with E-state index in [4.69, 9.17) is 0 Å². The first-order chi connectivity index (χ1) is 13.3. The van der Waals surface area contributed by atoms with Crippen molar-refractivity contribution >= 4 is 15.9 Å². The summed E-state index contributed by atoms with van der Waals surface area (Å²) in [7, 11) is -3.58. The van der Waals surface area contributed by atoms with Crippen molar-refractivity contribution in [2.45, 2.75) is 44.9 Å². The molecule has 152 valence electrons. The van der Waals surface area contributed by atoms with Crippen molar-refractivity contribution in [2.24, 2.45) is 0 Å². The molecule has 0 aliphatic heterocycles. The van der Waals surface area contributed by atoms with Crippen LogP contribution in [0.3, 0.4) is 0 Å². The number of sulfonamides is 1. The van der Waals surface area contributed by atoms with Gasteiger partial charge in [0.05, 0.1) is 4.90 Å². The van der Waals surface area contributed by atoms with Gasteiger partial charge in [0.1, 0.15) is 0 Å². The van der Waals surface area contributed by atoms with Crippen LogP contribution in [0.1, 0.15) is 55.1 Å². The maximum atomic E-state index is 12.6. The van der Waals surface area contributed by atoms with E-state index in [1.54, 1.807) is 26.0 Å². The number of benzene rings is 2. The Kier molecular flexibility index (Phi) is 7.78. The van der Waals surface area contributed by atoms with Crippen LogP contribution in [0, 0.1) is 0 Å². The number of carbonyl (C=O) groups is 1. The zero-order valence-electron chi connectivity index (χ0n) is 17.1. The standard InChI is InChI=1S/C22H30N2O3S/c1-5-24(6-2)28(26,27)21-9-7-8-20(16-21)22(25)23-15-14-18-10-12-19(13-11-18)17(3)4/h7-13,16-17H,5-6,14-15H2,1-4H3,(H,23,25). The van der Waals surface area contributed by atoms with Gasteiger partial charge in [0.25, 0.3) is 5.91 Å². The van der Waals surface area contributed by atoms with Crippen molar-refractivity contribution in [1.82, 2.24) is 9.62 Å². The van der Waals surface area contributed by atoms with Gasteiger partial charge in [-0.25, -0.2) is 8.42 Å². The first kappa shape index (κ1) is 22.1. The first-order valence-electron chi connectivity index (χ1n) is 9.76. The molecule has 6 heteroatoms. The normalized spacial score (nSPS) is 11.8. The molecule has 0 saturated carbocycles. The van der Waals surface area contributed by atoms with Crippen LogP contribution in [0.25, 0.3) is 0 Å². The summed E-state index contributed by atoms with van der Waals surface area (Å²) in [6.07, 6.45) is 0.724. The Morgan fingerprint density at radius 1 is 1.04 bits per heavy atom. The quantitative estimate of drug-likeness (QED) is 0.693. The molecule has 2 aromatic carbocycles. The second kappa shape index (κ2) is 9.85. The van der Waals surface area contributed by atoms with Gasteiger partial charge in [-0.15, -0.1) is 0 Å². The van der Waals surface area contributed by atoms with Crippen molar-refractivity contribution in [3.05, 3.63) is 65.2 Å². The maximum absolute atomic E-state index is 12.6. The second-order valence-electron chi connectivity index (χ2n) is 7.02. The smallest absolute Gasteiger partial charge is 0.251 e. The highest BCUT2D eigenvalue weighted by molar-refractivity contribution is 7.89. The van der Waals surface area contributed by atoms with Crippen LogP contribution in [0.5, 0.6) is 0 Å². The molecule has 0 aromatic heterocycles. The molecule has 0 atom stereocenters. The van der Waals surface area contributed by atoms with Crippen molar-refractivity contribution in [2.75, 3.05) is 19.6 Å².